The van der Waals surface area contributed by atoms with Gasteiger partial charge in [-0.3, -0.25) is 4.79 Å². The first-order chi connectivity index (χ1) is 13.6. The number of anilines is 2. The van der Waals surface area contributed by atoms with Gasteiger partial charge in [-0.1, -0.05) is 17.7 Å². The van der Waals surface area contributed by atoms with Crippen LogP contribution < -0.4 is 9.80 Å². The van der Waals surface area contributed by atoms with E-state index in [0.29, 0.717) is 13.1 Å². The maximum absolute atomic E-state index is 13.2. The lowest BCUT2D eigenvalue weighted by molar-refractivity contribution is 0.0747. The standard InChI is InChI=1S/C22H27ClN4O/c1-17-7-8-18(23)16-20(17)25-12-14-27(15-13-25)22(28)19-6-5-9-24-21(19)26-10-3-2-4-11-26/h5-9,16H,2-4,10-15H2,1H3. The number of amides is 1. The van der Waals surface area contributed by atoms with Crippen LogP contribution in [0.3, 0.4) is 0 Å². The highest BCUT2D eigenvalue weighted by atomic mass is 35.5. The number of nitrogens with zero attached hydrogens (tertiary/aromatic N) is 4. The molecule has 2 aliphatic heterocycles. The molecule has 1 aromatic carbocycles. The Labute approximate surface area is 171 Å². The second kappa shape index (κ2) is 8.39. The topological polar surface area (TPSA) is 39.7 Å². The number of carbonyl (C=O) groups is 1. The smallest absolute Gasteiger partial charge is 0.257 e. The number of hydrogen-bond donors (Lipinski definition) is 0. The number of aromatic nitrogens is 1. The molecule has 0 N–H and O–H groups in total. The predicted molar refractivity (Wildman–Crippen MR) is 115 cm³/mol. The van der Waals surface area contributed by atoms with Gasteiger partial charge in [-0.15, -0.1) is 0 Å². The monoisotopic (exact) mass is 398 g/mol. The molecule has 0 bridgehead atoms. The van der Waals surface area contributed by atoms with Crippen LogP contribution in [0, 0.1) is 6.92 Å². The van der Waals surface area contributed by atoms with Crippen LogP contribution in [0.5, 0.6) is 0 Å². The van der Waals surface area contributed by atoms with Crippen molar-refractivity contribution < 1.29 is 4.79 Å². The maximum Gasteiger partial charge on any atom is 0.257 e. The summed E-state index contributed by atoms with van der Waals surface area (Å²) in [6.07, 6.45) is 5.39. The van der Waals surface area contributed by atoms with E-state index in [4.69, 9.17) is 11.6 Å². The van der Waals surface area contributed by atoms with E-state index in [1.165, 1.54) is 24.8 Å². The summed E-state index contributed by atoms with van der Waals surface area (Å²) >= 11 is 6.18. The molecular formula is C22H27ClN4O. The van der Waals surface area contributed by atoms with E-state index in [-0.39, 0.29) is 5.91 Å². The average molecular weight is 399 g/mol. The van der Waals surface area contributed by atoms with Crippen molar-refractivity contribution in [2.24, 2.45) is 0 Å². The van der Waals surface area contributed by atoms with Gasteiger partial charge in [-0.05, 0) is 56.0 Å². The van der Waals surface area contributed by atoms with E-state index in [9.17, 15) is 4.79 Å². The van der Waals surface area contributed by atoms with Crippen molar-refractivity contribution in [2.45, 2.75) is 26.2 Å². The molecular weight excluding hydrogens is 372 g/mol. The highest BCUT2D eigenvalue weighted by Gasteiger charge is 2.27. The minimum Gasteiger partial charge on any atom is -0.368 e. The van der Waals surface area contributed by atoms with E-state index >= 15 is 0 Å². The Morgan fingerprint density at radius 3 is 2.46 bits per heavy atom. The summed E-state index contributed by atoms with van der Waals surface area (Å²) in [4.78, 5) is 24.3. The van der Waals surface area contributed by atoms with Crippen LogP contribution >= 0.6 is 11.6 Å². The molecule has 5 nitrogen and oxygen atoms in total. The number of piperazine rings is 1. The van der Waals surface area contributed by atoms with Gasteiger partial charge in [0.25, 0.3) is 5.91 Å². The minimum absolute atomic E-state index is 0.0936. The van der Waals surface area contributed by atoms with Crippen LogP contribution in [0.2, 0.25) is 5.02 Å². The average Bonchev–Trinajstić information content (AvgIpc) is 2.76. The predicted octanol–water partition coefficient (Wildman–Crippen LogP) is 4.00. The van der Waals surface area contributed by atoms with E-state index in [1.807, 2.05) is 29.2 Å². The van der Waals surface area contributed by atoms with Gasteiger partial charge in [0.05, 0.1) is 5.56 Å². The lowest BCUT2D eigenvalue weighted by atomic mass is 10.1. The van der Waals surface area contributed by atoms with Gasteiger partial charge >= 0.3 is 0 Å². The minimum atomic E-state index is 0.0936. The number of benzene rings is 1. The van der Waals surface area contributed by atoms with Gasteiger partial charge in [0.1, 0.15) is 5.82 Å². The summed E-state index contributed by atoms with van der Waals surface area (Å²) in [5.41, 5.74) is 3.11. The SMILES string of the molecule is Cc1ccc(Cl)cc1N1CCN(C(=O)c2cccnc2N2CCCCC2)CC1. The van der Waals surface area contributed by atoms with Gasteiger partial charge in [-0.2, -0.15) is 0 Å². The Balaban J connectivity index is 1.47. The van der Waals surface area contributed by atoms with Gasteiger partial charge in [0, 0.05) is 56.2 Å². The summed E-state index contributed by atoms with van der Waals surface area (Å²) in [6.45, 7) is 7.11. The van der Waals surface area contributed by atoms with Crippen molar-refractivity contribution in [3.05, 3.63) is 52.7 Å². The van der Waals surface area contributed by atoms with Crippen LogP contribution in [-0.4, -0.2) is 55.1 Å². The number of piperidine rings is 1. The Hall–Kier alpha value is -2.27. The third kappa shape index (κ3) is 3.95. The van der Waals surface area contributed by atoms with E-state index in [2.05, 4.69) is 27.8 Å². The first kappa shape index (κ1) is 19.1. The first-order valence-corrected chi connectivity index (χ1v) is 10.5. The molecule has 2 fully saturated rings. The van der Waals surface area contributed by atoms with Crippen LogP contribution in [0.15, 0.2) is 36.5 Å². The molecule has 28 heavy (non-hydrogen) atoms. The molecule has 0 atom stereocenters. The van der Waals surface area contributed by atoms with Crippen molar-refractivity contribution in [2.75, 3.05) is 49.1 Å². The number of carbonyl (C=O) groups excluding carboxylic acids is 1. The molecule has 4 rings (SSSR count). The highest BCUT2D eigenvalue weighted by molar-refractivity contribution is 6.30. The Morgan fingerprint density at radius 1 is 0.964 bits per heavy atom. The molecule has 0 saturated carbocycles. The lowest BCUT2D eigenvalue weighted by Gasteiger charge is -2.37. The number of rotatable bonds is 3. The summed E-state index contributed by atoms with van der Waals surface area (Å²) < 4.78 is 0. The molecule has 0 unspecified atom stereocenters. The fourth-order valence-electron chi connectivity index (χ4n) is 4.17. The van der Waals surface area contributed by atoms with Crippen molar-refractivity contribution >= 4 is 29.0 Å². The van der Waals surface area contributed by atoms with Crippen molar-refractivity contribution in [1.29, 1.82) is 0 Å². The summed E-state index contributed by atoms with van der Waals surface area (Å²) in [6, 6.07) is 9.78. The summed E-state index contributed by atoms with van der Waals surface area (Å²) in [5, 5.41) is 0.751. The number of halogens is 1. The van der Waals surface area contributed by atoms with Crippen molar-refractivity contribution in [3.8, 4) is 0 Å². The lowest BCUT2D eigenvalue weighted by Crippen LogP contribution is -2.49. The van der Waals surface area contributed by atoms with E-state index < -0.39 is 0 Å². The molecule has 2 aromatic rings. The number of aryl methyl sites for hydroxylation is 1. The van der Waals surface area contributed by atoms with Crippen LogP contribution in [0.25, 0.3) is 0 Å². The molecule has 0 radical (unpaired) electrons. The molecule has 148 valence electrons. The zero-order chi connectivity index (χ0) is 19.5. The maximum atomic E-state index is 13.2. The molecule has 1 amide bonds. The Morgan fingerprint density at radius 2 is 1.71 bits per heavy atom. The Bertz CT molecular complexity index is 842. The molecule has 0 spiro atoms. The van der Waals surface area contributed by atoms with E-state index in [1.54, 1.807) is 6.20 Å². The molecule has 2 saturated heterocycles. The zero-order valence-electron chi connectivity index (χ0n) is 16.4. The Kier molecular flexibility index (Phi) is 5.72. The van der Waals surface area contributed by atoms with E-state index in [0.717, 1.165) is 48.3 Å². The van der Waals surface area contributed by atoms with Crippen molar-refractivity contribution in [1.82, 2.24) is 9.88 Å². The normalized spacial score (nSPS) is 17.7. The van der Waals surface area contributed by atoms with Gasteiger partial charge in [0.15, 0.2) is 0 Å². The third-order valence-electron chi connectivity index (χ3n) is 5.75. The summed E-state index contributed by atoms with van der Waals surface area (Å²) in [5.74, 6) is 0.941. The van der Waals surface area contributed by atoms with Gasteiger partial charge in [-0.25, -0.2) is 4.98 Å². The molecule has 3 heterocycles. The van der Waals surface area contributed by atoms with Gasteiger partial charge < -0.3 is 14.7 Å². The highest BCUT2D eigenvalue weighted by Crippen LogP contribution is 2.27. The van der Waals surface area contributed by atoms with Crippen LogP contribution in [-0.2, 0) is 0 Å². The van der Waals surface area contributed by atoms with Crippen LogP contribution in [0.4, 0.5) is 11.5 Å². The molecule has 1 aromatic heterocycles. The fourth-order valence-corrected chi connectivity index (χ4v) is 4.33. The summed E-state index contributed by atoms with van der Waals surface area (Å²) in [7, 11) is 0. The van der Waals surface area contributed by atoms with Crippen LogP contribution in [0.1, 0.15) is 35.2 Å². The third-order valence-corrected chi connectivity index (χ3v) is 5.99. The van der Waals surface area contributed by atoms with Crippen molar-refractivity contribution in [3.63, 3.8) is 0 Å². The fraction of sp³-hybridized carbons (Fsp3) is 0.455. The largest absolute Gasteiger partial charge is 0.368 e. The molecule has 6 heteroatoms. The number of pyridine rings is 1. The number of hydrogen-bond acceptors (Lipinski definition) is 4. The quantitative estimate of drug-likeness (QED) is 0.783. The second-order valence-electron chi connectivity index (χ2n) is 7.63. The molecule has 2 aliphatic rings. The second-order valence-corrected chi connectivity index (χ2v) is 8.07. The van der Waals surface area contributed by atoms with Gasteiger partial charge in [0.2, 0.25) is 0 Å². The first-order valence-electron chi connectivity index (χ1n) is 10.1. The molecule has 0 aliphatic carbocycles. The zero-order valence-corrected chi connectivity index (χ0v) is 17.2.